The highest BCUT2D eigenvalue weighted by molar-refractivity contribution is 7.10. The Hall–Kier alpha value is -2.09. The quantitative estimate of drug-likeness (QED) is 0.743. The smallest absolute Gasteiger partial charge is 0.331 e. The Morgan fingerprint density at radius 2 is 2.19 bits per heavy atom. The number of urea groups is 1. The number of methoxy groups -OCH3 is 1. The molecule has 7 nitrogen and oxygen atoms in total. The Balaban J connectivity index is 2.78. The van der Waals surface area contributed by atoms with E-state index in [9.17, 15) is 19.5 Å². The van der Waals surface area contributed by atoms with Gasteiger partial charge in [0.15, 0.2) is 6.04 Å². The van der Waals surface area contributed by atoms with Gasteiger partial charge in [-0.1, -0.05) is 13.0 Å². The summed E-state index contributed by atoms with van der Waals surface area (Å²) >= 11 is 1.24. The van der Waals surface area contributed by atoms with Crippen LogP contribution in [-0.2, 0) is 14.3 Å². The maximum atomic E-state index is 12.1. The van der Waals surface area contributed by atoms with E-state index in [1.807, 2.05) is 6.92 Å². The summed E-state index contributed by atoms with van der Waals surface area (Å²) < 4.78 is 4.53. The number of carboxylic acid groups (broad SMARTS) is 1. The fourth-order valence-corrected chi connectivity index (χ4v) is 2.43. The van der Waals surface area contributed by atoms with Crippen LogP contribution in [0.15, 0.2) is 17.5 Å². The maximum Gasteiger partial charge on any atom is 0.331 e. The molecule has 0 bridgehead atoms. The number of ether oxygens (including phenoxy) is 1. The van der Waals surface area contributed by atoms with Crippen LogP contribution in [0.5, 0.6) is 0 Å². The third kappa shape index (κ3) is 5.07. The predicted molar refractivity (Wildman–Crippen MR) is 77.1 cm³/mol. The first-order chi connectivity index (χ1) is 9.99. The van der Waals surface area contributed by atoms with Gasteiger partial charge in [0, 0.05) is 11.4 Å². The zero-order valence-corrected chi connectivity index (χ0v) is 12.7. The molecule has 2 amide bonds. The van der Waals surface area contributed by atoms with Gasteiger partial charge in [0.05, 0.1) is 7.11 Å². The molecule has 1 rings (SSSR count). The lowest BCUT2D eigenvalue weighted by atomic mass is 10.2. The van der Waals surface area contributed by atoms with Crippen LogP contribution in [0.25, 0.3) is 0 Å². The molecular weight excluding hydrogens is 296 g/mol. The van der Waals surface area contributed by atoms with E-state index in [-0.39, 0.29) is 6.54 Å². The molecule has 1 atom stereocenters. The van der Waals surface area contributed by atoms with Gasteiger partial charge in [0.2, 0.25) is 0 Å². The highest BCUT2D eigenvalue weighted by atomic mass is 32.1. The maximum absolute atomic E-state index is 12.1. The molecule has 1 unspecified atom stereocenters. The minimum Gasteiger partial charge on any atom is -0.479 e. The topological polar surface area (TPSA) is 95.9 Å². The highest BCUT2D eigenvalue weighted by Gasteiger charge is 2.26. The zero-order valence-electron chi connectivity index (χ0n) is 11.9. The largest absolute Gasteiger partial charge is 0.479 e. The summed E-state index contributed by atoms with van der Waals surface area (Å²) in [7, 11) is 1.23. The average molecular weight is 314 g/mol. The molecule has 1 heterocycles. The van der Waals surface area contributed by atoms with Crippen molar-refractivity contribution in [2.45, 2.75) is 19.4 Å². The lowest BCUT2D eigenvalue weighted by molar-refractivity contribution is -0.141. The Labute approximate surface area is 126 Å². The molecule has 0 aromatic carbocycles. The molecule has 2 N–H and O–H groups in total. The molecule has 0 fully saturated rings. The molecule has 0 saturated carbocycles. The molecule has 0 aliphatic rings. The monoisotopic (exact) mass is 314 g/mol. The van der Waals surface area contributed by atoms with E-state index in [0.29, 0.717) is 17.8 Å². The normalized spacial score (nSPS) is 11.5. The van der Waals surface area contributed by atoms with Crippen molar-refractivity contribution in [2.24, 2.45) is 0 Å². The second-order valence-corrected chi connectivity index (χ2v) is 5.21. The number of nitrogens with zero attached hydrogens (tertiary/aromatic N) is 1. The van der Waals surface area contributed by atoms with Crippen LogP contribution in [-0.4, -0.2) is 48.2 Å². The van der Waals surface area contributed by atoms with E-state index in [1.54, 1.807) is 17.5 Å². The minimum absolute atomic E-state index is 0.215. The number of thiophene rings is 1. The highest BCUT2D eigenvalue weighted by Crippen LogP contribution is 2.19. The van der Waals surface area contributed by atoms with Crippen molar-refractivity contribution in [1.29, 1.82) is 0 Å². The van der Waals surface area contributed by atoms with E-state index in [4.69, 9.17) is 0 Å². The van der Waals surface area contributed by atoms with Crippen LogP contribution in [0.4, 0.5) is 4.79 Å². The van der Waals surface area contributed by atoms with Gasteiger partial charge in [-0.05, 0) is 17.9 Å². The summed E-state index contributed by atoms with van der Waals surface area (Å²) in [6, 6.07) is 1.60. The van der Waals surface area contributed by atoms with Gasteiger partial charge in [-0.3, -0.25) is 4.79 Å². The third-order valence-electron chi connectivity index (χ3n) is 2.67. The Bertz CT molecular complexity index is 489. The molecule has 0 aliphatic heterocycles. The first-order valence-corrected chi connectivity index (χ1v) is 7.26. The number of hydrogen-bond acceptors (Lipinski definition) is 5. The summed E-state index contributed by atoms with van der Waals surface area (Å²) in [5.74, 6) is -1.71. The summed E-state index contributed by atoms with van der Waals surface area (Å²) in [4.78, 5) is 36.5. The van der Waals surface area contributed by atoms with Crippen LogP contribution in [0.2, 0.25) is 0 Å². The molecule has 0 radical (unpaired) electrons. The van der Waals surface area contributed by atoms with E-state index in [2.05, 4.69) is 10.1 Å². The number of esters is 1. The lowest BCUT2D eigenvalue weighted by Crippen LogP contribution is -2.46. The predicted octanol–water partition coefficient (Wildman–Crippen LogP) is 1.47. The SMILES string of the molecule is CCCN(CC(=O)OC)C(=O)NC(C(=O)O)c1cccs1. The van der Waals surface area contributed by atoms with Crippen LogP contribution in [0.1, 0.15) is 24.3 Å². The van der Waals surface area contributed by atoms with Crippen LogP contribution >= 0.6 is 11.3 Å². The van der Waals surface area contributed by atoms with Crippen molar-refractivity contribution in [3.8, 4) is 0 Å². The van der Waals surface area contributed by atoms with Crippen LogP contribution in [0.3, 0.4) is 0 Å². The molecule has 0 aliphatic carbocycles. The second kappa shape index (κ2) is 8.25. The Morgan fingerprint density at radius 3 is 2.67 bits per heavy atom. The minimum atomic E-state index is -1.15. The van der Waals surface area contributed by atoms with Gasteiger partial charge < -0.3 is 20.1 Å². The first-order valence-electron chi connectivity index (χ1n) is 6.38. The van der Waals surface area contributed by atoms with Crippen molar-refractivity contribution < 1.29 is 24.2 Å². The first kappa shape index (κ1) is 17.0. The van der Waals surface area contributed by atoms with Crippen molar-refractivity contribution in [3.05, 3.63) is 22.4 Å². The van der Waals surface area contributed by atoms with Crippen molar-refractivity contribution >= 4 is 29.3 Å². The van der Waals surface area contributed by atoms with Gasteiger partial charge >= 0.3 is 18.0 Å². The number of rotatable bonds is 7. The van der Waals surface area contributed by atoms with Crippen LogP contribution in [0, 0.1) is 0 Å². The third-order valence-corrected chi connectivity index (χ3v) is 3.61. The molecule has 0 saturated heterocycles. The van der Waals surface area contributed by atoms with Gasteiger partial charge in [0.1, 0.15) is 6.54 Å². The lowest BCUT2D eigenvalue weighted by Gasteiger charge is -2.23. The Morgan fingerprint density at radius 1 is 1.48 bits per heavy atom. The molecule has 116 valence electrons. The van der Waals surface area contributed by atoms with E-state index < -0.39 is 24.0 Å². The number of carbonyl (C=O) groups is 3. The number of nitrogens with one attached hydrogen (secondary N) is 1. The number of aliphatic carboxylic acids is 1. The van der Waals surface area contributed by atoms with E-state index in [0.717, 1.165) is 0 Å². The fraction of sp³-hybridized carbons (Fsp3) is 0.462. The molecule has 1 aromatic heterocycles. The van der Waals surface area contributed by atoms with Gasteiger partial charge in [-0.25, -0.2) is 9.59 Å². The number of hydrogen-bond donors (Lipinski definition) is 2. The zero-order chi connectivity index (χ0) is 15.8. The van der Waals surface area contributed by atoms with Crippen LogP contribution < -0.4 is 5.32 Å². The van der Waals surface area contributed by atoms with Crippen molar-refractivity contribution in [2.75, 3.05) is 20.2 Å². The molecule has 8 heteroatoms. The molecule has 0 spiro atoms. The number of carbonyl (C=O) groups excluding carboxylic acids is 2. The van der Waals surface area contributed by atoms with E-state index in [1.165, 1.54) is 23.3 Å². The average Bonchev–Trinajstić information content (AvgIpc) is 2.97. The summed E-state index contributed by atoms with van der Waals surface area (Å²) in [5, 5.41) is 13.4. The molecule has 21 heavy (non-hydrogen) atoms. The summed E-state index contributed by atoms with van der Waals surface area (Å²) in [6.45, 7) is 1.97. The molecular formula is C13H18N2O5S. The number of carboxylic acids is 1. The summed E-state index contributed by atoms with van der Waals surface area (Å²) in [5.41, 5.74) is 0. The number of amides is 2. The Kier molecular flexibility index (Phi) is 6.67. The van der Waals surface area contributed by atoms with Gasteiger partial charge in [-0.15, -0.1) is 11.3 Å². The second-order valence-electron chi connectivity index (χ2n) is 4.23. The van der Waals surface area contributed by atoms with Crippen molar-refractivity contribution in [1.82, 2.24) is 10.2 Å². The standard InChI is InChI=1S/C13H18N2O5S/c1-3-6-15(8-10(16)20-2)13(19)14-11(12(17)18)9-5-4-7-21-9/h4-5,7,11H,3,6,8H2,1-2H3,(H,14,19)(H,17,18). The van der Waals surface area contributed by atoms with Crippen molar-refractivity contribution in [3.63, 3.8) is 0 Å². The van der Waals surface area contributed by atoms with E-state index >= 15 is 0 Å². The summed E-state index contributed by atoms with van der Waals surface area (Å²) in [6.07, 6.45) is 0.640. The molecule has 1 aromatic rings. The van der Waals surface area contributed by atoms with Gasteiger partial charge in [0.25, 0.3) is 0 Å². The van der Waals surface area contributed by atoms with Gasteiger partial charge in [-0.2, -0.15) is 0 Å². The fourth-order valence-electron chi connectivity index (χ4n) is 1.67.